The second-order valence-corrected chi connectivity index (χ2v) is 6.73. The highest BCUT2D eigenvalue weighted by molar-refractivity contribution is 5.26. The molecule has 1 aliphatic carbocycles. The number of hydrogen-bond acceptors (Lipinski definition) is 1. The van der Waals surface area contributed by atoms with Crippen molar-refractivity contribution in [2.75, 3.05) is 6.54 Å². The molecule has 0 radical (unpaired) electrons. The second kappa shape index (κ2) is 8.58. The number of rotatable bonds is 10. The highest BCUT2D eigenvalue weighted by Crippen LogP contribution is 2.51. The zero-order chi connectivity index (χ0) is 15.1. The normalized spacial score (nSPS) is 22.5. The Morgan fingerprint density at radius 3 is 2.24 bits per heavy atom. The maximum atomic E-state index is 3.90. The molecule has 1 N–H and O–H groups in total. The first-order valence-electron chi connectivity index (χ1n) is 9.10. The van der Waals surface area contributed by atoms with Gasteiger partial charge < -0.3 is 5.32 Å². The molecule has 1 heteroatoms. The van der Waals surface area contributed by atoms with Gasteiger partial charge in [0.05, 0.1) is 0 Å². The van der Waals surface area contributed by atoms with Gasteiger partial charge in [0.2, 0.25) is 0 Å². The predicted molar refractivity (Wildman–Crippen MR) is 92.7 cm³/mol. The van der Waals surface area contributed by atoms with E-state index in [1.807, 2.05) is 0 Å². The summed E-state index contributed by atoms with van der Waals surface area (Å²) in [6.45, 7) is 8.12. The Kier molecular flexibility index (Phi) is 6.76. The molecule has 3 unspecified atom stereocenters. The summed E-state index contributed by atoms with van der Waals surface area (Å²) in [7, 11) is 0. The molecular weight excluding hydrogens is 254 g/mol. The topological polar surface area (TPSA) is 12.0 Å². The van der Waals surface area contributed by atoms with Crippen molar-refractivity contribution in [2.24, 2.45) is 11.8 Å². The van der Waals surface area contributed by atoms with Gasteiger partial charge in [-0.05, 0) is 55.5 Å². The number of benzene rings is 1. The van der Waals surface area contributed by atoms with Crippen LogP contribution >= 0.6 is 0 Å². The lowest BCUT2D eigenvalue weighted by Gasteiger charge is -2.28. The highest BCUT2D eigenvalue weighted by Gasteiger charge is 2.45. The molecule has 1 nitrogen and oxygen atoms in total. The summed E-state index contributed by atoms with van der Waals surface area (Å²) in [6.07, 6.45) is 8.02. The van der Waals surface area contributed by atoms with Gasteiger partial charge >= 0.3 is 0 Å². The van der Waals surface area contributed by atoms with E-state index in [0.29, 0.717) is 0 Å². The molecule has 2 rings (SSSR count). The van der Waals surface area contributed by atoms with Gasteiger partial charge in [0.15, 0.2) is 0 Å². The summed E-state index contributed by atoms with van der Waals surface area (Å²) in [6, 6.07) is 11.9. The average Bonchev–Trinajstić information content (AvgIpc) is 3.29. The predicted octanol–water partition coefficient (Wildman–Crippen LogP) is 5.37. The van der Waals surface area contributed by atoms with E-state index >= 15 is 0 Å². The fourth-order valence-corrected chi connectivity index (χ4v) is 3.92. The fraction of sp³-hybridized carbons (Fsp3) is 0.700. The van der Waals surface area contributed by atoms with Crippen molar-refractivity contribution in [3.8, 4) is 0 Å². The van der Waals surface area contributed by atoms with Crippen LogP contribution in [0.4, 0.5) is 0 Å². The lowest BCUT2D eigenvalue weighted by atomic mass is 9.86. The molecular formula is C20H33N. The molecule has 3 atom stereocenters. The van der Waals surface area contributed by atoms with E-state index in [1.54, 1.807) is 5.56 Å². The standard InChI is InChI=1S/C20H33N/c1-4-10-17(11-5-2)20(21-14-6-3)19-15-18(19)16-12-8-7-9-13-16/h7-9,12-13,17-21H,4-6,10-11,14-15H2,1-3H3. The lowest BCUT2D eigenvalue weighted by molar-refractivity contribution is 0.281. The molecule has 1 aliphatic rings. The van der Waals surface area contributed by atoms with E-state index in [0.717, 1.165) is 23.8 Å². The van der Waals surface area contributed by atoms with E-state index in [9.17, 15) is 0 Å². The average molecular weight is 287 g/mol. The Hall–Kier alpha value is -0.820. The van der Waals surface area contributed by atoms with Crippen LogP contribution in [-0.2, 0) is 0 Å². The van der Waals surface area contributed by atoms with Gasteiger partial charge in [-0.1, -0.05) is 63.9 Å². The maximum absolute atomic E-state index is 3.90. The Labute approximate surface area is 131 Å². The molecule has 1 saturated carbocycles. The van der Waals surface area contributed by atoms with Crippen molar-refractivity contribution >= 4 is 0 Å². The van der Waals surface area contributed by atoms with Gasteiger partial charge in [-0.15, -0.1) is 0 Å². The van der Waals surface area contributed by atoms with E-state index in [4.69, 9.17) is 0 Å². The number of hydrogen-bond donors (Lipinski definition) is 1. The van der Waals surface area contributed by atoms with E-state index < -0.39 is 0 Å². The summed E-state index contributed by atoms with van der Waals surface area (Å²) in [5, 5.41) is 3.90. The fourth-order valence-electron chi connectivity index (χ4n) is 3.92. The molecule has 0 heterocycles. The highest BCUT2D eigenvalue weighted by atomic mass is 14.9. The monoisotopic (exact) mass is 287 g/mol. The SMILES string of the molecule is CCCNC(C(CCC)CCC)C1CC1c1ccccc1. The second-order valence-electron chi connectivity index (χ2n) is 6.73. The van der Waals surface area contributed by atoms with Crippen molar-refractivity contribution in [2.45, 2.75) is 71.3 Å². The minimum atomic E-state index is 0.732. The molecule has 1 aromatic rings. The van der Waals surface area contributed by atoms with Crippen molar-refractivity contribution < 1.29 is 0 Å². The van der Waals surface area contributed by atoms with Crippen molar-refractivity contribution in [3.05, 3.63) is 35.9 Å². The Morgan fingerprint density at radius 1 is 1.00 bits per heavy atom. The van der Waals surface area contributed by atoms with Crippen LogP contribution < -0.4 is 5.32 Å². The van der Waals surface area contributed by atoms with Crippen molar-refractivity contribution in [3.63, 3.8) is 0 Å². The number of nitrogens with one attached hydrogen (secondary N) is 1. The van der Waals surface area contributed by atoms with Crippen molar-refractivity contribution in [1.29, 1.82) is 0 Å². The third kappa shape index (κ3) is 4.57. The van der Waals surface area contributed by atoms with Gasteiger partial charge in [0.25, 0.3) is 0 Å². The third-order valence-electron chi connectivity index (χ3n) is 4.99. The van der Waals surface area contributed by atoms with E-state index in [2.05, 4.69) is 56.4 Å². The van der Waals surface area contributed by atoms with Crippen LogP contribution in [0, 0.1) is 11.8 Å². The first kappa shape index (κ1) is 16.5. The van der Waals surface area contributed by atoms with Crippen LogP contribution in [0.2, 0.25) is 0 Å². The van der Waals surface area contributed by atoms with Crippen LogP contribution in [0.15, 0.2) is 30.3 Å². The minimum Gasteiger partial charge on any atom is -0.313 e. The maximum Gasteiger partial charge on any atom is 0.0130 e. The quantitative estimate of drug-likeness (QED) is 0.609. The van der Waals surface area contributed by atoms with Gasteiger partial charge in [-0.25, -0.2) is 0 Å². The summed E-state index contributed by atoms with van der Waals surface area (Å²) < 4.78 is 0. The molecule has 118 valence electrons. The van der Waals surface area contributed by atoms with Crippen LogP contribution in [-0.4, -0.2) is 12.6 Å². The Balaban J connectivity index is 2.02. The van der Waals surface area contributed by atoms with Gasteiger partial charge in [0, 0.05) is 6.04 Å². The minimum absolute atomic E-state index is 0.732. The molecule has 21 heavy (non-hydrogen) atoms. The zero-order valence-corrected chi connectivity index (χ0v) is 14.1. The van der Waals surface area contributed by atoms with Gasteiger partial charge in [0.1, 0.15) is 0 Å². The molecule has 1 fully saturated rings. The largest absolute Gasteiger partial charge is 0.313 e. The van der Waals surface area contributed by atoms with E-state index in [-0.39, 0.29) is 0 Å². The zero-order valence-electron chi connectivity index (χ0n) is 14.1. The van der Waals surface area contributed by atoms with Crippen LogP contribution in [0.1, 0.15) is 70.8 Å². The Bertz CT molecular complexity index is 380. The summed E-state index contributed by atoms with van der Waals surface area (Å²) >= 11 is 0. The molecule has 1 aromatic carbocycles. The summed E-state index contributed by atoms with van der Waals surface area (Å²) in [4.78, 5) is 0. The van der Waals surface area contributed by atoms with E-state index in [1.165, 1.54) is 45.1 Å². The first-order valence-corrected chi connectivity index (χ1v) is 9.10. The van der Waals surface area contributed by atoms with Crippen molar-refractivity contribution in [1.82, 2.24) is 5.32 Å². The van der Waals surface area contributed by atoms with Crippen LogP contribution in [0.3, 0.4) is 0 Å². The lowest BCUT2D eigenvalue weighted by Crippen LogP contribution is -2.39. The molecule has 0 aromatic heterocycles. The smallest absolute Gasteiger partial charge is 0.0130 e. The van der Waals surface area contributed by atoms with Gasteiger partial charge in [-0.3, -0.25) is 0 Å². The molecule has 0 bridgehead atoms. The first-order chi connectivity index (χ1) is 10.3. The Morgan fingerprint density at radius 2 is 1.67 bits per heavy atom. The molecule has 0 spiro atoms. The summed E-state index contributed by atoms with van der Waals surface area (Å²) in [5.41, 5.74) is 1.55. The molecule has 0 saturated heterocycles. The molecule has 0 aliphatic heterocycles. The summed E-state index contributed by atoms with van der Waals surface area (Å²) in [5.74, 6) is 2.53. The van der Waals surface area contributed by atoms with Crippen LogP contribution in [0.25, 0.3) is 0 Å². The molecule has 0 amide bonds. The van der Waals surface area contributed by atoms with Gasteiger partial charge in [-0.2, -0.15) is 0 Å². The third-order valence-corrected chi connectivity index (χ3v) is 4.99. The van der Waals surface area contributed by atoms with Crippen LogP contribution in [0.5, 0.6) is 0 Å².